The molecule has 1 heterocycles. The molecule has 0 bridgehead atoms. The van der Waals surface area contributed by atoms with Gasteiger partial charge >= 0.3 is 12.1 Å². The molecule has 2 atom stereocenters. The van der Waals surface area contributed by atoms with Crippen molar-refractivity contribution in [3.63, 3.8) is 0 Å². The third-order valence-corrected chi connectivity index (χ3v) is 2.88. The fraction of sp³-hybridized carbons (Fsp3) is 0.692. The Kier molecular flexibility index (Phi) is 4.38. The van der Waals surface area contributed by atoms with E-state index in [1.54, 1.807) is 26.8 Å². The van der Waals surface area contributed by atoms with Crippen molar-refractivity contribution in [1.82, 2.24) is 4.90 Å². The van der Waals surface area contributed by atoms with Crippen LogP contribution in [0.3, 0.4) is 0 Å². The lowest BCUT2D eigenvalue weighted by Crippen LogP contribution is -2.35. The average molecular weight is 255 g/mol. The molecule has 102 valence electrons. The fourth-order valence-electron chi connectivity index (χ4n) is 2.08. The Balaban J connectivity index is 2.68. The van der Waals surface area contributed by atoms with Gasteiger partial charge in [-0.1, -0.05) is 6.08 Å². The summed E-state index contributed by atoms with van der Waals surface area (Å²) in [5, 5.41) is 9.13. The number of allylic oxidation sites excluding steroid dienone is 1. The normalized spacial score (nSPS) is 23.8. The minimum absolute atomic E-state index is 0.0764. The number of nitrogens with zero attached hydrogens (tertiary/aromatic N) is 1. The van der Waals surface area contributed by atoms with Crippen molar-refractivity contribution in [1.29, 1.82) is 0 Å². The summed E-state index contributed by atoms with van der Waals surface area (Å²) in [4.78, 5) is 24.5. The van der Waals surface area contributed by atoms with Crippen molar-refractivity contribution < 1.29 is 19.4 Å². The van der Waals surface area contributed by atoms with E-state index < -0.39 is 23.6 Å². The van der Waals surface area contributed by atoms with Crippen LogP contribution in [-0.2, 0) is 9.53 Å². The predicted octanol–water partition coefficient (Wildman–Crippen LogP) is 2.13. The summed E-state index contributed by atoms with van der Waals surface area (Å²) >= 11 is 0. The topological polar surface area (TPSA) is 66.8 Å². The number of amides is 1. The molecule has 0 radical (unpaired) electrons. The van der Waals surface area contributed by atoms with Crippen molar-refractivity contribution in [2.45, 2.75) is 32.8 Å². The zero-order valence-electron chi connectivity index (χ0n) is 11.2. The summed E-state index contributed by atoms with van der Waals surface area (Å²) in [6.45, 7) is 9.61. The first-order chi connectivity index (χ1) is 8.24. The van der Waals surface area contributed by atoms with E-state index in [0.717, 1.165) is 0 Å². The second-order valence-electron chi connectivity index (χ2n) is 5.61. The number of hydrogen-bond acceptors (Lipinski definition) is 3. The van der Waals surface area contributed by atoms with Gasteiger partial charge in [-0.3, -0.25) is 4.79 Å². The highest BCUT2D eigenvalue weighted by molar-refractivity contribution is 5.74. The number of rotatable bonds is 3. The zero-order valence-corrected chi connectivity index (χ0v) is 11.2. The number of ether oxygens (including phenoxy) is 1. The molecular formula is C13H21NO4. The molecule has 5 nitrogen and oxygen atoms in total. The molecular weight excluding hydrogens is 234 g/mol. The zero-order chi connectivity index (χ0) is 13.9. The highest BCUT2D eigenvalue weighted by atomic mass is 16.6. The van der Waals surface area contributed by atoms with Crippen LogP contribution in [-0.4, -0.2) is 40.8 Å². The van der Waals surface area contributed by atoms with Crippen LogP contribution >= 0.6 is 0 Å². The molecule has 1 saturated heterocycles. The van der Waals surface area contributed by atoms with Crippen molar-refractivity contribution in [2.24, 2.45) is 11.8 Å². The summed E-state index contributed by atoms with van der Waals surface area (Å²) in [6.07, 6.45) is 1.84. The number of hydrogen-bond donors (Lipinski definition) is 1. The molecule has 0 aliphatic carbocycles. The quantitative estimate of drug-likeness (QED) is 0.784. The molecule has 1 rings (SSSR count). The van der Waals surface area contributed by atoms with Crippen LogP contribution in [0.25, 0.3) is 0 Å². The molecule has 1 aliphatic rings. The van der Waals surface area contributed by atoms with E-state index in [2.05, 4.69) is 6.58 Å². The molecule has 0 spiro atoms. The van der Waals surface area contributed by atoms with Gasteiger partial charge < -0.3 is 14.7 Å². The molecule has 0 saturated carbocycles. The number of carbonyl (C=O) groups excluding carboxylic acids is 1. The van der Waals surface area contributed by atoms with E-state index in [-0.39, 0.29) is 12.5 Å². The summed E-state index contributed by atoms with van der Waals surface area (Å²) in [7, 11) is 0. The van der Waals surface area contributed by atoms with Crippen molar-refractivity contribution in [3.05, 3.63) is 12.7 Å². The molecule has 0 aromatic heterocycles. The Hall–Kier alpha value is -1.52. The minimum Gasteiger partial charge on any atom is -0.481 e. The van der Waals surface area contributed by atoms with Gasteiger partial charge in [0.25, 0.3) is 0 Å². The molecule has 18 heavy (non-hydrogen) atoms. The molecule has 1 amide bonds. The summed E-state index contributed by atoms with van der Waals surface area (Å²) in [5.74, 6) is -1.48. The highest BCUT2D eigenvalue weighted by Crippen LogP contribution is 2.28. The molecule has 1 N–H and O–H groups in total. The van der Waals surface area contributed by atoms with Crippen LogP contribution in [0.2, 0.25) is 0 Å². The maximum absolute atomic E-state index is 11.9. The van der Waals surface area contributed by atoms with Crippen LogP contribution in [0.15, 0.2) is 12.7 Å². The van der Waals surface area contributed by atoms with Crippen molar-refractivity contribution in [3.8, 4) is 0 Å². The lowest BCUT2D eigenvalue weighted by Gasteiger charge is -2.24. The van der Waals surface area contributed by atoms with Crippen LogP contribution < -0.4 is 0 Å². The van der Waals surface area contributed by atoms with E-state index in [9.17, 15) is 9.59 Å². The van der Waals surface area contributed by atoms with Gasteiger partial charge in [0, 0.05) is 13.1 Å². The Labute approximate surface area is 107 Å². The maximum Gasteiger partial charge on any atom is 0.410 e. The molecule has 1 aliphatic heterocycles. The van der Waals surface area contributed by atoms with Crippen LogP contribution in [0.4, 0.5) is 4.79 Å². The Morgan fingerprint density at radius 3 is 2.50 bits per heavy atom. The van der Waals surface area contributed by atoms with E-state index in [1.165, 1.54) is 4.90 Å². The molecule has 1 fully saturated rings. The van der Waals surface area contributed by atoms with Gasteiger partial charge in [-0.25, -0.2) is 4.79 Å². The third-order valence-electron chi connectivity index (χ3n) is 2.88. The van der Waals surface area contributed by atoms with Crippen molar-refractivity contribution >= 4 is 12.1 Å². The largest absolute Gasteiger partial charge is 0.481 e. The highest BCUT2D eigenvalue weighted by Gasteiger charge is 2.40. The number of carboxylic acids is 1. The van der Waals surface area contributed by atoms with Gasteiger partial charge in [-0.05, 0) is 33.1 Å². The fourth-order valence-corrected chi connectivity index (χ4v) is 2.08. The Morgan fingerprint density at radius 1 is 1.44 bits per heavy atom. The third kappa shape index (κ3) is 3.75. The van der Waals surface area contributed by atoms with E-state index in [4.69, 9.17) is 9.84 Å². The lowest BCUT2D eigenvalue weighted by atomic mass is 9.93. The summed E-state index contributed by atoms with van der Waals surface area (Å²) in [5.41, 5.74) is -0.563. The summed E-state index contributed by atoms with van der Waals surface area (Å²) < 4.78 is 5.24. The van der Waals surface area contributed by atoms with E-state index in [1.807, 2.05) is 0 Å². The lowest BCUT2D eigenvalue weighted by molar-refractivity contribution is -0.142. The van der Waals surface area contributed by atoms with Gasteiger partial charge in [0.1, 0.15) is 5.60 Å². The Morgan fingerprint density at radius 2 is 2.06 bits per heavy atom. The number of aliphatic carboxylic acids is 1. The smallest absolute Gasteiger partial charge is 0.410 e. The predicted molar refractivity (Wildman–Crippen MR) is 67.2 cm³/mol. The van der Waals surface area contributed by atoms with Crippen LogP contribution in [0, 0.1) is 11.8 Å². The molecule has 1 unspecified atom stereocenters. The average Bonchev–Trinajstić information content (AvgIpc) is 2.59. The van der Waals surface area contributed by atoms with Gasteiger partial charge in [-0.2, -0.15) is 0 Å². The van der Waals surface area contributed by atoms with Gasteiger partial charge in [0.15, 0.2) is 0 Å². The second-order valence-corrected chi connectivity index (χ2v) is 5.61. The van der Waals surface area contributed by atoms with E-state index >= 15 is 0 Å². The van der Waals surface area contributed by atoms with Gasteiger partial charge in [0.05, 0.1) is 5.92 Å². The SMILES string of the molecule is C=CC[C@H]1CN(C(=O)OC(C)(C)C)CC1C(=O)O. The monoisotopic (exact) mass is 255 g/mol. The van der Waals surface area contributed by atoms with Crippen LogP contribution in [0.5, 0.6) is 0 Å². The number of carbonyl (C=O) groups is 2. The first kappa shape index (κ1) is 14.5. The van der Waals surface area contributed by atoms with E-state index in [0.29, 0.717) is 13.0 Å². The second kappa shape index (κ2) is 5.42. The first-order valence-corrected chi connectivity index (χ1v) is 6.06. The van der Waals surface area contributed by atoms with Crippen LogP contribution in [0.1, 0.15) is 27.2 Å². The minimum atomic E-state index is -0.868. The molecule has 5 heteroatoms. The molecule has 0 aromatic rings. The standard InChI is InChI=1S/C13H21NO4/c1-5-6-9-7-14(8-10(9)11(15)16)12(17)18-13(2,3)4/h5,9-10H,1,6-8H2,2-4H3,(H,15,16)/t9-,10?/m0/s1. The Bertz CT molecular complexity index is 345. The first-order valence-electron chi connectivity index (χ1n) is 6.06. The van der Waals surface area contributed by atoms with Crippen molar-refractivity contribution in [2.75, 3.05) is 13.1 Å². The summed E-state index contributed by atoms with van der Waals surface area (Å²) in [6, 6.07) is 0. The maximum atomic E-state index is 11.9. The number of carboxylic acid groups (broad SMARTS) is 1. The number of likely N-dealkylation sites (tertiary alicyclic amines) is 1. The molecule has 0 aromatic carbocycles. The van der Waals surface area contributed by atoms with Gasteiger partial charge in [0.2, 0.25) is 0 Å². The van der Waals surface area contributed by atoms with Gasteiger partial charge in [-0.15, -0.1) is 6.58 Å².